The molecule has 0 radical (unpaired) electrons. The number of hydrogen-bond acceptors (Lipinski definition) is 2. The number of hydrogen-bond donors (Lipinski definition) is 1. The van der Waals surface area contributed by atoms with E-state index < -0.39 is 0 Å². The zero-order chi connectivity index (χ0) is 11.0. The van der Waals surface area contributed by atoms with E-state index in [0.717, 1.165) is 19.6 Å². The summed E-state index contributed by atoms with van der Waals surface area (Å²) < 4.78 is 0. The fraction of sp³-hybridized carbons (Fsp3) is 1.00. The van der Waals surface area contributed by atoms with E-state index in [4.69, 9.17) is 5.73 Å². The number of likely N-dealkylation sites (N-methyl/N-ethyl adjacent to an activating group) is 1. The molecule has 0 aliphatic heterocycles. The van der Waals surface area contributed by atoms with Crippen LogP contribution >= 0.6 is 0 Å². The van der Waals surface area contributed by atoms with Gasteiger partial charge in [-0.15, -0.1) is 0 Å². The topological polar surface area (TPSA) is 29.3 Å². The van der Waals surface area contributed by atoms with Gasteiger partial charge in [0.1, 0.15) is 0 Å². The number of nitrogens with zero attached hydrogens (tertiary/aromatic N) is 1. The molecule has 14 heavy (non-hydrogen) atoms. The van der Waals surface area contributed by atoms with Crippen molar-refractivity contribution in [1.82, 2.24) is 4.90 Å². The van der Waals surface area contributed by atoms with Crippen molar-refractivity contribution < 1.29 is 0 Å². The highest BCUT2D eigenvalue weighted by molar-refractivity contribution is 4.90. The van der Waals surface area contributed by atoms with Gasteiger partial charge in [0.25, 0.3) is 0 Å². The van der Waals surface area contributed by atoms with Crippen LogP contribution in [0.4, 0.5) is 0 Å². The quantitative estimate of drug-likeness (QED) is 0.652. The fourth-order valence-corrected chi connectivity index (χ4v) is 2.60. The molecule has 0 aromatic carbocycles. The lowest BCUT2D eigenvalue weighted by atomic mass is 9.86. The minimum Gasteiger partial charge on any atom is -0.329 e. The molecule has 0 atom stereocenters. The summed E-state index contributed by atoms with van der Waals surface area (Å²) in [4.78, 5) is 2.54. The molecule has 2 nitrogen and oxygen atoms in total. The minimum absolute atomic E-state index is 0.271. The minimum atomic E-state index is 0.271. The smallest absolute Gasteiger partial charge is 0.0331 e. The highest BCUT2D eigenvalue weighted by atomic mass is 15.2. The Morgan fingerprint density at radius 2 is 1.36 bits per heavy atom. The lowest BCUT2D eigenvalue weighted by Gasteiger charge is -2.42. The lowest BCUT2D eigenvalue weighted by Crippen LogP contribution is -2.53. The molecular formula is C12H28N2. The maximum Gasteiger partial charge on any atom is 0.0331 e. The van der Waals surface area contributed by atoms with Gasteiger partial charge in [-0.1, -0.05) is 40.5 Å². The Kier molecular flexibility index (Phi) is 7.20. The summed E-state index contributed by atoms with van der Waals surface area (Å²) >= 11 is 0. The summed E-state index contributed by atoms with van der Waals surface area (Å²) in [5.41, 5.74) is 6.26. The van der Waals surface area contributed by atoms with Crippen molar-refractivity contribution in [3.8, 4) is 0 Å². The van der Waals surface area contributed by atoms with Crippen LogP contribution in [0.5, 0.6) is 0 Å². The van der Waals surface area contributed by atoms with Crippen LogP contribution in [0.3, 0.4) is 0 Å². The SMILES string of the molecule is CCCC(CN)(CCC)N(CC)CC. The van der Waals surface area contributed by atoms with Gasteiger partial charge in [-0.2, -0.15) is 0 Å². The molecule has 0 fully saturated rings. The Hall–Kier alpha value is -0.0800. The summed E-state index contributed by atoms with van der Waals surface area (Å²) in [6.45, 7) is 12.0. The average molecular weight is 200 g/mol. The zero-order valence-corrected chi connectivity index (χ0v) is 10.5. The van der Waals surface area contributed by atoms with E-state index in [9.17, 15) is 0 Å². The standard InChI is InChI=1S/C12H28N2/c1-5-9-12(11-13,10-6-2)14(7-3)8-4/h5-11,13H2,1-4H3. The van der Waals surface area contributed by atoms with Crippen LogP contribution in [0.1, 0.15) is 53.4 Å². The molecule has 0 unspecified atom stereocenters. The van der Waals surface area contributed by atoms with Gasteiger partial charge in [-0.3, -0.25) is 4.90 Å². The van der Waals surface area contributed by atoms with Crippen molar-refractivity contribution in [3.05, 3.63) is 0 Å². The van der Waals surface area contributed by atoms with Crippen LogP contribution in [0.15, 0.2) is 0 Å². The van der Waals surface area contributed by atoms with Crippen LogP contribution in [-0.4, -0.2) is 30.1 Å². The number of nitrogens with two attached hydrogens (primary N) is 1. The van der Waals surface area contributed by atoms with Gasteiger partial charge in [-0.25, -0.2) is 0 Å². The van der Waals surface area contributed by atoms with Crippen LogP contribution < -0.4 is 5.73 Å². The Balaban J connectivity index is 4.59. The van der Waals surface area contributed by atoms with Gasteiger partial charge >= 0.3 is 0 Å². The second kappa shape index (κ2) is 7.24. The summed E-state index contributed by atoms with van der Waals surface area (Å²) in [5, 5.41) is 0. The van der Waals surface area contributed by atoms with Gasteiger partial charge in [0.05, 0.1) is 0 Å². The zero-order valence-electron chi connectivity index (χ0n) is 10.5. The van der Waals surface area contributed by atoms with Gasteiger partial charge in [0, 0.05) is 12.1 Å². The maximum absolute atomic E-state index is 5.99. The molecule has 0 spiro atoms. The second-order valence-electron chi connectivity index (χ2n) is 4.10. The highest BCUT2D eigenvalue weighted by Crippen LogP contribution is 2.25. The first-order chi connectivity index (χ1) is 6.70. The fourth-order valence-electron chi connectivity index (χ4n) is 2.60. The van der Waals surface area contributed by atoms with E-state index >= 15 is 0 Å². The average Bonchev–Trinajstić information content (AvgIpc) is 2.20. The Morgan fingerprint density at radius 1 is 0.929 bits per heavy atom. The molecular weight excluding hydrogens is 172 g/mol. The van der Waals surface area contributed by atoms with Crippen molar-refractivity contribution >= 4 is 0 Å². The monoisotopic (exact) mass is 200 g/mol. The van der Waals surface area contributed by atoms with Gasteiger partial charge in [0.2, 0.25) is 0 Å². The summed E-state index contributed by atoms with van der Waals surface area (Å²) in [5.74, 6) is 0. The summed E-state index contributed by atoms with van der Waals surface area (Å²) in [6.07, 6.45) is 4.93. The Labute approximate surface area is 89.9 Å². The van der Waals surface area contributed by atoms with Gasteiger partial charge in [0.15, 0.2) is 0 Å². The maximum atomic E-state index is 5.99. The van der Waals surface area contributed by atoms with Gasteiger partial charge in [-0.05, 0) is 25.9 Å². The largest absolute Gasteiger partial charge is 0.329 e. The van der Waals surface area contributed by atoms with Crippen molar-refractivity contribution in [2.24, 2.45) is 5.73 Å². The normalized spacial score (nSPS) is 12.4. The van der Waals surface area contributed by atoms with Crippen LogP contribution in [0.2, 0.25) is 0 Å². The Morgan fingerprint density at radius 3 is 1.57 bits per heavy atom. The third-order valence-corrected chi connectivity index (χ3v) is 3.24. The molecule has 0 aromatic rings. The van der Waals surface area contributed by atoms with E-state index in [1.807, 2.05) is 0 Å². The van der Waals surface area contributed by atoms with Crippen molar-refractivity contribution in [3.63, 3.8) is 0 Å². The van der Waals surface area contributed by atoms with Crippen molar-refractivity contribution in [2.45, 2.75) is 58.9 Å². The molecule has 2 heteroatoms. The number of rotatable bonds is 8. The van der Waals surface area contributed by atoms with Crippen LogP contribution in [0, 0.1) is 0 Å². The summed E-state index contributed by atoms with van der Waals surface area (Å²) in [7, 11) is 0. The van der Waals surface area contributed by atoms with Crippen molar-refractivity contribution in [1.29, 1.82) is 0 Å². The predicted molar refractivity (Wildman–Crippen MR) is 64.5 cm³/mol. The molecule has 86 valence electrons. The molecule has 0 saturated carbocycles. The molecule has 0 saturated heterocycles. The third-order valence-electron chi connectivity index (χ3n) is 3.24. The molecule has 2 N–H and O–H groups in total. The van der Waals surface area contributed by atoms with Gasteiger partial charge < -0.3 is 5.73 Å². The van der Waals surface area contributed by atoms with Crippen LogP contribution in [0.25, 0.3) is 0 Å². The molecule has 0 amide bonds. The first kappa shape index (κ1) is 13.9. The second-order valence-corrected chi connectivity index (χ2v) is 4.10. The molecule has 0 aromatic heterocycles. The molecule has 0 heterocycles. The predicted octanol–water partition coefficient (Wildman–Crippen LogP) is 2.63. The van der Waals surface area contributed by atoms with Crippen LogP contribution in [-0.2, 0) is 0 Å². The van der Waals surface area contributed by atoms with E-state index in [-0.39, 0.29) is 5.54 Å². The molecule has 0 aliphatic carbocycles. The first-order valence-corrected chi connectivity index (χ1v) is 6.15. The molecule has 0 rings (SSSR count). The molecule has 0 bridgehead atoms. The molecule has 0 aliphatic rings. The third kappa shape index (κ3) is 3.25. The summed E-state index contributed by atoms with van der Waals surface area (Å²) in [6, 6.07) is 0. The first-order valence-electron chi connectivity index (χ1n) is 6.15. The Bertz CT molecular complexity index is 124. The van der Waals surface area contributed by atoms with Crippen molar-refractivity contribution in [2.75, 3.05) is 19.6 Å². The highest BCUT2D eigenvalue weighted by Gasteiger charge is 2.31. The van der Waals surface area contributed by atoms with E-state index in [1.165, 1.54) is 25.7 Å². The van der Waals surface area contributed by atoms with E-state index in [1.54, 1.807) is 0 Å². The van der Waals surface area contributed by atoms with E-state index in [2.05, 4.69) is 32.6 Å². The van der Waals surface area contributed by atoms with E-state index in [0.29, 0.717) is 0 Å². The lowest BCUT2D eigenvalue weighted by molar-refractivity contribution is 0.0857.